The molecule has 5 nitrogen and oxygen atoms in total. The fourth-order valence-corrected chi connectivity index (χ4v) is 2.80. The van der Waals surface area contributed by atoms with Gasteiger partial charge in [0, 0.05) is 17.8 Å². The van der Waals surface area contributed by atoms with Crippen LogP contribution in [0, 0.1) is 0 Å². The highest BCUT2D eigenvalue weighted by Crippen LogP contribution is 2.25. The maximum absolute atomic E-state index is 6.00. The average Bonchev–Trinajstić information content (AvgIpc) is 3.23. The molecule has 0 fully saturated rings. The molecule has 0 aliphatic rings. The van der Waals surface area contributed by atoms with Crippen molar-refractivity contribution in [2.24, 2.45) is 5.73 Å². The van der Waals surface area contributed by atoms with E-state index in [4.69, 9.17) is 5.73 Å². The van der Waals surface area contributed by atoms with E-state index in [-0.39, 0.29) is 5.92 Å². The largest absolute Gasteiger partial charge is 0.341 e. The van der Waals surface area contributed by atoms with Crippen molar-refractivity contribution in [1.29, 1.82) is 0 Å². The number of rotatable bonds is 4. The lowest BCUT2D eigenvalue weighted by molar-refractivity contribution is 0.737. The van der Waals surface area contributed by atoms with Crippen molar-refractivity contribution in [3.8, 4) is 11.3 Å². The number of hydrogen-bond acceptors (Lipinski definition) is 3. The molecule has 4 aromatic rings. The van der Waals surface area contributed by atoms with E-state index < -0.39 is 0 Å². The van der Waals surface area contributed by atoms with E-state index in [1.807, 2.05) is 60.7 Å². The van der Waals surface area contributed by atoms with Gasteiger partial charge in [0.25, 0.3) is 0 Å². The molecule has 4 N–H and O–H groups in total. The van der Waals surface area contributed by atoms with E-state index in [1.54, 1.807) is 0 Å². The van der Waals surface area contributed by atoms with Crippen LogP contribution in [0.2, 0.25) is 0 Å². The summed E-state index contributed by atoms with van der Waals surface area (Å²) in [6.45, 7) is 0.455. The maximum atomic E-state index is 6.00. The van der Waals surface area contributed by atoms with Crippen LogP contribution in [-0.4, -0.2) is 26.7 Å². The minimum absolute atomic E-state index is 0.0348. The van der Waals surface area contributed by atoms with Gasteiger partial charge in [-0.2, -0.15) is 5.10 Å². The fourth-order valence-electron chi connectivity index (χ4n) is 2.80. The Morgan fingerprint density at radius 1 is 1.00 bits per heavy atom. The van der Waals surface area contributed by atoms with Crippen molar-refractivity contribution >= 4 is 11.0 Å². The van der Waals surface area contributed by atoms with Crippen molar-refractivity contribution in [3.63, 3.8) is 0 Å². The summed E-state index contributed by atoms with van der Waals surface area (Å²) in [6, 6.07) is 20.1. The second kappa shape index (κ2) is 5.70. The van der Waals surface area contributed by atoms with Crippen LogP contribution in [0.25, 0.3) is 22.3 Å². The summed E-state index contributed by atoms with van der Waals surface area (Å²) in [6.07, 6.45) is 0. The van der Waals surface area contributed by atoms with E-state index in [0.29, 0.717) is 6.54 Å². The summed E-state index contributed by atoms with van der Waals surface area (Å²) in [4.78, 5) is 8.01. The van der Waals surface area contributed by atoms with Crippen LogP contribution in [0.15, 0.2) is 60.7 Å². The molecule has 4 rings (SSSR count). The molecule has 0 saturated heterocycles. The SMILES string of the molecule is NCC(c1cc(-c2ccccc2)n[nH]1)c1nc2ccccc2[nH]1. The summed E-state index contributed by atoms with van der Waals surface area (Å²) in [5, 5.41) is 7.52. The Hall–Kier alpha value is -2.92. The lowest BCUT2D eigenvalue weighted by Gasteiger charge is -2.08. The van der Waals surface area contributed by atoms with Crippen molar-refractivity contribution in [3.05, 3.63) is 72.2 Å². The second-order valence-corrected chi connectivity index (χ2v) is 5.50. The summed E-state index contributed by atoms with van der Waals surface area (Å²) in [5.41, 5.74) is 10.9. The number of aromatic nitrogens is 4. The minimum Gasteiger partial charge on any atom is -0.341 e. The van der Waals surface area contributed by atoms with Gasteiger partial charge in [0.15, 0.2) is 0 Å². The first-order chi connectivity index (χ1) is 11.3. The van der Waals surface area contributed by atoms with Crippen LogP contribution < -0.4 is 5.73 Å². The third kappa shape index (κ3) is 2.51. The number of benzene rings is 2. The number of hydrogen-bond donors (Lipinski definition) is 3. The minimum atomic E-state index is -0.0348. The lowest BCUT2D eigenvalue weighted by atomic mass is 10.0. The average molecular weight is 303 g/mol. The van der Waals surface area contributed by atoms with Gasteiger partial charge in [0.2, 0.25) is 0 Å². The van der Waals surface area contributed by atoms with Crippen molar-refractivity contribution < 1.29 is 0 Å². The van der Waals surface area contributed by atoms with Gasteiger partial charge < -0.3 is 10.7 Å². The van der Waals surface area contributed by atoms with Crippen LogP contribution in [0.4, 0.5) is 0 Å². The summed E-state index contributed by atoms with van der Waals surface area (Å²) in [5.74, 6) is 0.823. The number of nitrogens with zero attached hydrogens (tertiary/aromatic N) is 2. The second-order valence-electron chi connectivity index (χ2n) is 5.50. The molecule has 23 heavy (non-hydrogen) atoms. The van der Waals surface area contributed by atoms with Gasteiger partial charge in [-0.3, -0.25) is 5.10 Å². The number of para-hydroxylation sites is 2. The quantitative estimate of drug-likeness (QED) is 0.542. The third-order valence-electron chi connectivity index (χ3n) is 4.02. The van der Waals surface area contributed by atoms with E-state index in [2.05, 4.69) is 20.2 Å². The molecule has 1 atom stereocenters. The maximum Gasteiger partial charge on any atom is 0.117 e. The van der Waals surface area contributed by atoms with E-state index >= 15 is 0 Å². The number of nitrogens with two attached hydrogens (primary N) is 1. The Kier molecular flexibility index (Phi) is 3.40. The predicted octanol–water partition coefficient (Wildman–Crippen LogP) is 3.04. The van der Waals surface area contributed by atoms with Crippen molar-refractivity contribution in [2.45, 2.75) is 5.92 Å². The number of H-pyrrole nitrogens is 2. The monoisotopic (exact) mass is 303 g/mol. The van der Waals surface area contributed by atoms with Gasteiger partial charge in [0.1, 0.15) is 5.82 Å². The number of aromatic amines is 2. The Bertz CT molecular complexity index is 890. The van der Waals surface area contributed by atoms with Gasteiger partial charge in [-0.1, -0.05) is 42.5 Å². The van der Waals surface area contributed by atoms with Gasteiger partial charge in [-0.25, -0.2) is 4.98 Å². The zero-order chi connectivity index (χ0) is 15.6. The normalized spacial score (nSPS) is 12.6. The first-order valence-corrected chi connectivity index (χ1v) is 7.60. The molecular formula is C18H17N5. The van der Waals surface area contributed by atoms with Gasteiger partial charge in [-0.15, -0.1) is 0 Å². The molecule has 0 bridgehead atoms. The van der Waals surface area contributed by atoms with Crippen LogP contribution in [-0.2, 0) is 0 Å². The molecule has 0 aliphatic heterocycles. The predicted molar refractivity (Wildman–Crippen MR) is 91.0 cm³/mol. The highest BCUT2D eigenvalue weighted by Gasteiger charge is 2.19. The van der Waals surface area contributed by atoms with E-state index in [9.17, 15) is 0 Å². The number of fused-ring (bicyclic) bond motifs is 1. The molecule has 0 radical (unpaired) electrons. The number of nitrogens with one attached hydrogen (secondary N) is 2. The summed E-state index contributed by atoms with van der Waals surface area (Å²) in [7, 11) is 0. The molecule has 0 amide bonds. The van der Waals surface area contributed by atoms with Crippen molar-refractivity contribution in [2.75, 3.05) is 6.54 Å². The van der Waals surface area contributed by atoms with Crippen LogP contribution in [0.3, 0.4) is 0 Å². The highest BCUT2D eigenvalue weighted by molar-refractivity contribution is 5.75. The lowest BCUT2D eigenvalue weighted by Crippen LogP contribution is -2.15. The fraction of sp³-hybridized carbons (Fsp3) is 0.111. The number of imidazole rings is 1. The Labute approximate surface area is 133 Å². The summed E-state index contributed by atoms with van der Waals surface area (Å²) >= 11 is 0. The van der Waals surface area contributed by atoms with Crippen LogP contribution in [0.5, 0.6) is 0 Å². The standard InChI is InChI=1S/C18H17N5/c19-11-13(18-20-14-8-4-5-9-15(14)21-18)17-10-16(22-23-17)12-6-2-1-3-7-12/h1-10,13H,11,19H2,(H,20,21)(H,22,23). The van der Waals surface area contributed by atoms with E-state index in [0.717, 1.165) is 33.8 Å². The van der Waals surface area contributed by atoms with Gasteiger partial charge in [0.05, 0.1) is 22.6 Å². The molecule has 0 spiro atoms. The molecule has 1 unspecified atom stereocenters. The Morgan fingerprint density at radius 3 is 2.57 bits per heavy atom. The molecule has 0 saturated carbocycles. The molecule has 0 aliphatic carbocycles. The molecular weight excluding hydrogens is 286 g/mol. The van der Waals surface area contributed by atoms with Crippen LogP contribution in [0.1, 0.15) is 17.4 Å². The summed E-state index contributed by atoms with van der Waals surface area (Å²) < 4.78 is 0. The zero-order valence-electron chi connectivity index (χ0n) is 12.5. The zero-order valence-corrected chi connectivity index (χ0v) is 12.5. The first-order valence-electron chi connectivity index (χ1n) is 7.60. The Morgan fingerprint density at radius 2 is 1.78 bits per heavy atom. The molecule has 2 aromatic heterocycles. The first kappa shape index (κ1) is 13.7. The van der Waals surface area contributed by atoms with Crippen molar-refractivity contribution in [1.82, 2.24) is 20.2 Å². The van der Waals surface area contributed by atoms with E-state index in [1.165, 1.54) is 0 Å². The smallest absolute Gasteiger partial charge is 0.117 e. The molecule has 2 aromatic carbocycles. The van der Waals surface area contributed by atoms with Crippen LogP contribution >= 0.6 is 0 Å². The van der Waals surface area contributed by atoms with Gasteiger partial charge >= 0.3 is 0 Å². The Balaban J connectivity index is 1.71. The topological polar surface area (TPSA) is 83.4 Å². The molecule has 114 valence electrons. The molecule has 2 heterocycles. The highest BCUT2D eigenvalue weighted by atomic mass is 15.1. The third-order valence-corrected chi connectivity index (χ3v) is 4.02. The van der Waals surface area contributed by atoms with Gasteiger partial charge in [-0.05, 0) is 18.2 Å². The molecule has 5 heteroatoms.